The maximum Gasteiger partial charge on any atom is 0.328 e. The van der Waals surface area contributed by atoms with Gasteiger partial charge >= 0.3 is 6.01 Å². The van der Waals surface area contributed by atoms with E-state index in [1.165, 1.54) is 25.7 Å². The number of nitrogens with zero attached hydrogens (tertiary/aromatic N) is 5. The summed E-state index contributed by atoms with van der Waals surface area (Å²) < 4.78 is 24.8. The summed E-state index contributed by atoms with van der Waals surface area (Å²) in [5, 5.41) is 3.43. The van der Waals surface area contributed by atoms with Crippen molar-refractivity contribution in [1.29, 1.82) is 0 Å². The molecule has 0 bridgehead atoms. The Bertz CT molecular complexity index is 926. The topological polar surface area (TPSA) is 102 Å². The van der Waals surface area contributed by atoms with Gasteiger partial charge in [-0.2, -0.15) is 15.0 Å². The van der Waals surface area contributed by atoms with Crippen LogP contribution >= 0.6 is 0 Å². The van der Waals surface area contributed by atoms with Gasteiger partial charge in [0.2, 0.25) is 11.9 Å². The van der Waals surface area contributed by atoms with Crippen molar-refractivity contribution in [1.82, 2.24) is 25.2 Å². The molecule has 0 spiro atoms. The molecule has 2 aliphatic heterocycles. The smallest absolute Gasteiger partial charge is 0.328 e. The molecule has 33 heavy (non-hydrogen) atoms. The summed E-state index contributed by atoms with van der Waals surface area (Å²) in [5.41, 5.74) is 6.04. The molecule has 180 valence electrons. The highest BCUT2D eigenvalue weighted by Gasteiger charge is 2.28. The molecular weight excluding hydrogens is 425 g/mol. The number of likely N-dealkylation sites (tertiary alicyclic amines) is 1. The molecule has 3 N–H and O–H groups in total. The molecule has 0 radical (unpaired) electrons. The van der Waals surface area contributed by atoms with Crippen LogP contribution in [0.2, 0.25) is 0 Å². The fraction of sp³-hybridized carbons (Fsp3) is 0.609. The Kier molecular flexibility index (Phi) is 7.77. The van der Waals surface area contributed by atoms with Crippen LogP contribution in [0.15, 0.2) is 18.2 Å². The Morgan fingerprint density at radius 1 is 1.18 bits per heavy atom. The summed E-state index contributed by atoms with van der Waals surface area (Å²) in [6.45, 7) is 8.10. The number of methoxy groups -OCH3 is 1. The van der Waals surface area contributed by atoms with E-state index in [-0.39, 0.29) is 23.5 Å². The van der Waals surface area contributed by atoms with Crippen LogP contribution in [0.25, 0.3) is 0 Å². The molecule has 0 aliphatic carbocycles. The third-order valence-corrected chi connectivity index (χ3v) is 6.51. The van der Waals surface area contributed by atoms with Crippen molar-refractivity contribution in [2.24, 2.45) is 5.92 Å². The van der Waals surface area contributed by atoms with E-state index in [0.29, 0.717) is 17.9 Å². The van der Waals surface area contributed by atoms with E-state index in [2.05, 4.69) is 37.0 Å². The molecule has 0 saturated carbocycles. The zero-order valence-electron chi connectivity index (χ0n) is 19.5. The Balaban J connectivity index is 1.57. The van der Waals surface area contributed by atoms with Crippen molar-refractivity contribution in [3.05, 3.63) is 24.0 Å². The average molecular weight is 460 g/mol. The molecule has 9 nitrogen and oxygen atoms in total. The third kappa shape index (κ3) is 6.00. The predicted molar refractivity (Wildman–Crippen MR) is 125 cm³/mol. The highest BCUT2D eigenvalue weighted by molar-refractivity contribution is 5.39. The van der Waals surface area contributed by atoms with Crippen molar-refractivity contribution in [2.75, 3.05) is 57.0 Å². The summed E-state index contributed by atoms with van der Waals surface area (Å²) >= 11 is 0. The molecule has 2 aromatic rings. The lowest BCUT2D eigenvalue weighted by molar-refractivity contribution is 0.263. The van der Waals surface area contributed by atoms with E-state index in [0.717, 1.165) is 58.5 Å². The Labute approximate surface area is 194 Å². The van der Waals surface area contributed by atoms with E-state index >= 15 is 0 Å². The third-order valence-electron chi connectivity index (χ3n) is 6.51. The van der Waals surface area contributed by atoms with E-state index in [1.807, 2.05) is 0 Å². The van der Waals surface area contributed by atoms with Gasteiger partial charge in [-0.1, -0.05) is 6.92 Å². The first kappa shape index (κ1) is 23.4. The minimum absolute atomic E-state index is 0.0520. The second-order valence-electron chi connectivity index (χ2n) is 8.70. The number of likely N-dealkylation sites (N-methyl/N-ethyl adjacent to an activating group) is 1. The molecule has 0 amide bonds. The van der Waals surface area contributed by atoms with Crippen molar-refractivity contribution >= 4 is 11.9 Å². The number of nitrogens with one attached hydrogen (secondary N) is 1. The van der Waals surface area contributed by atoms with Crippen LogP contribution in [0.4, 0.5) is 16.3 Å². The van der Waals surface area contributed by atoms with Gasteiger partial charge in [0.05, 0.1) is 7.11 Å². The zero-order valence-corrected chi connectivity index (χ0v) is 19.5. The van der Waals surface area contributed by atoms with Gasteiger partial charge in [0.1, 0.15) is 5.75 Å². The van der Waals surface area contributed by atoms with Crippen LogP contribution in [0.5, 0.6) is 17.5 Å². The Morgan fingerprint density at radius 3 is 2.73 bits per heavy atom. The normalized spacial score (nSPS) is 19.5. The fourth-order valence-electron chi connectivity index (χ4n) is 4.75. The van der Waals surface area contributed by atoms with Gasteiger partial charge in [0, 0.05) is 25.2 Å². The largest absolute Gasteiger partial charge is 0.494 e. The molecule has 2 fully saturated rings. The second-order valence-corrected chi connectivity index (χ2v) is 8.70. The van der Waals surface area contributed by atoms with E-state index in [4.69, 9.17) is 15.2 Å². The molecular formula is C23H34FN7O2. The number of anilines is 2. The molecule has 1 atom stereocenters. The number of nitrogens with two attached hydrogens (primary N) is 1. The number of ether oxygens (including phenoxy) is 2. The van der Waals surface area contributed by atoms with E-state index < -0.39 is 5.82 Å². The number of nitrogen functional groups attached to an aromatic ring is 1. The molecule has 4 rings (SSSR count). The molecule has 2 aliphatic rings. The molecule has 1 unspecified atom stereocenters. The van der Waals surface area contributed by atoms with Crippen LogP contribution in [0, 0.1) is 11.7 Å². The first-order valence-corrected chi connectivity index (χ1v) is 11.8. The Morgan fingerprint density at radius 2 is 2.00 bits per heavy atom. The molecule has 10 heteroatoms. The van der Waals surface area contributed by atoms with E-state index in [9.17, 15) is 4.39 Å². The number of hydrogen-bond donors (Lipinski definition) is 2. The lowest BCUT2D eigenvalue weighted by Gasteiger charge is -2.34. The number of halogens is 1. The van der Waals surface area contributed by atoms with Gasteiger partial charge in [0.15, 0.2) is 11.6 Å². The maximum atomic E-state index is 14.1. The molecule has 1 aromatic carbocycles. The van der Waals surface area contributed by atoms with Gasteiger partial charge in [-0.05, 0) is 69.9 Å². The minimum atomic E-state index is -0.523. The van der Waals surface area contributed by atoms with Crippen LogP contribution in [-0.2, 0) is 0 Å². The standard InChI is InChI=1S/C23H34FN7O2/c1-3-30-12-4-5-17(30)15-31(14-16-8-10-26-11-9-16)22-27-21(25)28-23(29-22)33-18-6-7-20(32-2)19(24)13-18/h6-7,13,16-17,26H,3-5,8-12,14-15H2,1-2H3,(H2,25,27,28,29). The number of aromatic nitrogens is 3. The lowest BCUT2D eigenvalue weighted by atomic mass is 9.97. The number of hydrogen-bond acceptors (Lipinski definition) is 9. The number of benzene rings is 1. The predicted octanol–water partition coefficient (Wildman–Crippen LogP) is 2.68. The molecule has 1 aromatic heterocycles. The molecule has 2 saturated heterocycles. The van der Waals surface area contributed by atoms with Crippen molar-refractivity contribution in [2.45, 2.75) is 38.6 Å². The summed E-state index contributed by atoms with van der Waals surface area (Å²) in [7, 11) is 1.42. The second kappa shape index (κ2) is 10.9. The zero-order chi connectivity index (χ0) is 23.2. The molecule has 3 heterocycles. The first-order valence-electron chi connectivity index (χ1n) is 11.8. The first-order chi connectivity index (χ1) is 16.1. The SMILES string of the molecule is CCN1CCCC1CN(CC1CCNCC1)c1nc(N)nc(Oc2ccc(OC)c(F)c2)n1. The summed E-state index contributed by atoms with van der Waals surface area (Å²) in [6.07, 6.45) is 4.60. The van der Waals surface area contributed by atoms with Gasteiger partial charge in [0.25, 0.3) is 0 Å². The van der Waals surface area contributed by atoms with Gasteiger partial charge in [-0.25, -0.2) is 4.39 Å². The monoisotopic (exact) mass is 459 g/mol. The maximum absolute atomic E-state index is 14.1. The van der Waals surface area contributed by atoms with E-state index in [1.54, 1.807) is 6.07 Å². The number of rotatable bonds is 9. The van der Waals surface area contributed by atoms with Crippen molar-refractivity contribution < 1.29 is 13.9 Å². The summed E-state index contributed by atoms with van der Waals surface area (Å²) in [4.78, 5) is 17.9. The minimum Gasteiger partial charge on any atom is -0.494 e. The Hall–Kier alpha value is -2.72. The fourth-order valence-corrected chi connectivity index (χ4v) is 4.75. The highest BCUT2D eigenvalue weighted by atomic mass is 19.1. The van der Waals surface area contributed by atoms with Crippen LogP contribution in [0.1, 0.15) is 32.6 Å². The van der Waals surface area contributed by atoms with Crippen molar-refractivity contribution in [3.8, 4) is 17.5 Å². The van der Waals surface area contributed by atoms with Crippen LogP contribution in [-0.4, -0.2) is 72.3 Å². The highest BCUT2D eigenvalue weighted by Crippen LogP contribution is 2.27. The summed E-state index contributed by atoms with van der Waals surface area (Å²) in [6, 6.07) is 4.85. The van der Waals surface area contributed by atoms with Crippen molar-refractivity contribution in [3.63, 3.8) is 0 Å². The average Bonchev–Trinajstić information content (AvgIpc) is 3.26. The number of piperidine rings is 1. The van der Waals surface area contributed by atoms with Gasteiger partial charge < -0.3 is 25.4 Å². The quantitative estimate of drug-likeness (QED) is 0.586. The van der Waals surface area contributed by atoms with Gasteiger partial charge in [-0.15, -0.1) is 0 Å². The van der Waals surface area contributed by atoms with Gasteiger partial charge in [-0.3, -0.25) is 4.90 Å². The van der Waals surface area contributed by atoms with Crippen LogP contribution in [0.3, 0.4) is 0 Å². The lowest BCUT2D eigenvalue weighted by Crippen LogP contribution is -2.44. The summed E-state index contributed by atoms with van der Waals surface area (Å²) in [5.74, 6) is 1.03. The van der Waals surface area contributed by atoms with Crippen LogP contribution < -0.4 is 25.4 Å².